The van der Waals surface area contributed by atoms with Crippen molar-refractivity contribution in [1.82, 2.24) is 0 Å². The van der Waals surface area contributed by atoms with Gasteiger partial charge in [0.05, 0.1) is 0 Å². The standard InChI is InChI=1S/C6H9NO2/c1-3-4-6(2,7)5(8)9/h7H2,1-2H3,(H,8,9)/t6-/m1/s1. The molecule has 0 aliphatic rings. The van der Waals surface area contributed by atoms with Gasteiger partial charge in [-0.1, -0.05) is 5.92 Å². The van der Waals surface area contributed by atoms with E-state index in [0.717, 1.165) is 0 Å². The third kappa shape index (κ3) is 2.15. The first kappa shape index (κ1) is 7.99. The molecule has 0 heterocycles. The van der Waals surface area contributed by atoms with Crippen LogP contribution in [0.2, 0.25) is 0 Å². The predicted molar refractivity (Wildman–Crippen MR) is 33.7 cm³/mol. The van der Waals surface area contributed by atoms with Gasteiger partial charge in [-0.05, 0) is 13.8 Å². The molecule has 0 fully saturated rings. The van der Waals surface area contributed by atoms with Crippen LogP contribution in [0.5, 0.6) is 0 Å². The van der Waals surface area contributed by atoms with Gasteiger partial charge < -0.3 is 10.8 Å². The Bertz CT molecular complexity index is 173. The highest BCUT2D eigenvalue weighted by Crippen LogP contribution is 1.94. The molecule has 0 aromatic heterocycles. The molecule has 0 saturated carbocycles. The molecule has 50 valence electrons. The Labute approximate surface area is 53.9 Å². The Morgan fingerprint density at radius 3 is 2.33 bits per heavy atom. The minimum atomic E-state index is -1.39. The van der Waals surface area contributed by atoms with Crippen molar-refractivity contribution < 1.29 is 9.90 Å². The molecular formula is C6H9NO2. The van der Waals surface area contributed by atoms with Crippen molar-refractivity contribution in [3.63, 3.8) is 0 Å². The molecule has 0 amide bonds. The fraction of sp³-hybridized carbons (Fsp3) is 0.500. The van der Waals surface area contributed by atoms with Gasteiger partial charge in [-0.25, -0.2) is 4.79 Å². The van der Waals surface area contributed by atoms with Crippen molar-refractivity contribution >= 4 is 5.97 Å². The lowest BCUT2D eigenvalue weighted by atomic mass is 10.1. The van der Waals surface area contributed by atoms with E-state index in [1.54, 1.807) is 6.92 Å². The molecular weight excluding hydrogens is 118 g/mol. The Hall–Kier alpha value is -1.01. The van der Waals surface area contributed by atoms with Gasteiger partial charge in [-0.15, -0.1) is 5.92 Å². The second-order valence-corrected chi connectivity index (χ2v) is 1.88. The zero-order valence-electron chi connectivity index (χ0n) is 5.43. The van der Waals surface area contributed by atoms with Crippen LogP contribution in [-0.2, 0) is 4.79 Å². The van der Waals surface area contributed by atoms with Gasteiger partial charge in [0.1, 0.15) is 0 Å². The summed E-state index contributed by atoms with van der Waals surface area (Å²) in [6.07, 6.45) is 0. The lowest BCUT2D eigenvalue weighted by Gasteiger charge is -2.08. The lowest BCUT2D eigenvalue weighted by molar-refractivity contribution is -0.140. The van der Waals surface area contributed by atoms with Gasteiger partial charge in [0.2, 0.25) is 0 Å². The maximum Gasteiger partial charge on any atom is 0.335 e. The summed E-state index contributed by atoms with van der Waals surface area (Å²) >= 11 is 0. The van der Waals surface area contributed by atoms with Crippen LogP contribution in [0.3, 0.4) is 0 Å². The smallest absolute Gasteiger partial charge is 0.335 e. The molecule has 0 aromatic carbocycles. The van der Waals surface area contributed by atoms with E-state index < -0.39 is 11.5 Å². The van der Waals surface area contributed by atoms with Gasteiger partial charge in [0.15, 0.2) is 5.54 Å². The molecule has 0 radical (unpaired) electrons. The largest absolute Gasteiger partial charge is 0.479 e. The summed E-state index contributed by atoms with van der Waals surface area (Å²) in [5, 5.41) is 8.34. The molecule has 3 heteroatoms. The molecule has 9 heavy (non-hydrogen) atoms. The van der Waals surface area contributed by atoms with Crippen molar-refractivity contribution in [2.45, 2.75) is 19.4 Å². The molecule has 0 aromatic rings. The molecule has 3 N–H and O–H groups in total. The molecule has 0 aliphatic heterocycles. The minimum absolute atomic E-state index is 1.10. The van der Waals surface area contributed by atoms with Crippen LogP contribution >= 0.6 is 0 Å². The van der Waals surface area contributed by atoms with Crippen LogP contribution in [0.15, 0.2) is 0 Å². The zero-order valence-corrected chi connectivity index (χ0v) is 5.43. The van der Waals surface area contributed by atoms with Gasteiger partial charge in [-0.3, -0.25) is 0 Å². The Morgan fingerprint density at radius 2 is 2.22 bits per heavy atom. The number of hydrogen-bond donors (Lipinski definition) is 2. The third-order valence-corrected chi connectivity index (χ3v) is 0.829. The maximum atomic E-state index is 10.2. The number of carboxylic acid groups (broad SMARTS) is 1. The van der Waals surface area contributed by atoms with Gasteiger partial charge >= 0.3 is 5.97 Å². The van der Waals surface area contributed by atoms with E-state index in [4.69, 9.17) is 10.8 Å². The first-order valence-corrected chi connectivity index (χ1v) is 2.47. The highest BCUT2D eigenvalue weighted by atomic mass is 16.4. The first-order chi connectivity index (χ1) is 4.00. The highest BCUT2D eigenvalue weighted by molar-refractivity contribution is 5.82. The molecule has 0 rings (SSSR count). The molecule has 0 unspecified atom stereocenters. The van der Waals surface area contributed by atoms with E-state index in [9.17, 15) is 4.79 Å². The number of nitrogens with two attached hydrogens (primary N) is 1. The van der Waals surface area contributed by atoms with Crippen LogP contribution < -0.4 is 5.73 Å². The topological polar surface area (TPSA) is 63.3 Å². The highest BCUT2D eigenvalue weighted by Gasteiger charge is 2.24. The number of aliphatic carboxylic acids is 1. The summed E-state index contributed by atoms with van der Waals surface area (Å²) in [4.78, 5) is 10.2. The molecule has 0 aliphatic carbocycles. The fourth-order valence-electron chi connectivity index (χ4n) is 0.313. The quantitative estimate of drug-likeness (QED) is 0.480. The van der Waals surface area contributed by atoms with E-state index in [-0.39, 0.29) is 0 Å². The lowest BCUT2D eigenvalue weighted by Crippen LogP contribution is -2.43. The molecule has 3 nitrogen and oxygen atoms in total. The molecule has 0 spiro atoms. The summed E-state index contributed by atoms with van der Waals surface area (Å²) in [5.74, 6) is 3.68. The normalized spacial score (nSPS) is 15.0. The maximum absolute atomic E-state index is 10.2. The van der Waals surface area contributed by atoms with Crippen molar-refractivity contribution in [2.24, 2.45) is 5.73 Å². The van der Waals surface area contributed by atoms with Gasteiger partial charge in [-0.2, -0.15) is 0 Å². The number of carboxylic acids is 1. The van der Waals surface area contributed by atoms with Gasteiger partial charge in [0.25, 0.3) is 0 Å². The van der Waals surface area contributed by atoms with Crippen molar-refractivity contribution in [1.29, 1.82) is 0 Å². The first-order valence-electron chi connectivity index (χ1n) is 2.47. The molecule has 0 bridgehead atoms. The number of rotatable bonds is 1. The number of hydrogen-bond acceptors (Lipinski definition) is 2. The van der Waals surface area contributed by atoms with E-state index in [1.165, 1.54) is 6.92 Å². The summed E-state index contributed by atoms with van der Waals surface area (Å²) in [7, 11) is 0. The summed E-state index contributed by atoms with van der Waals surface area (Å²) < 4.78 is 0. The second-order valence-electron chi connectivity index (χ2n) is 1.88. The van der Waals surface area contributed by atoms with Crippen LogP contribution in [0.1, 0.15) is 13.8 Å². The average molecular weight is 127 g/mol. The van der Waals surface area contributed by atoms with Crippen LogP contribution in [0.4, 0.5) is 0 Å². The van der Waals surface area contributed by atoms with E-state index >= 15 is 0 Å². The average Bonchev–Trinajstić information content (AvgIpc) is 1.65. The molecule has 0 saturated heterocycles. The van der Waals surface area contributed by atoms with Crippen LogP contribution in [0.25, 0.3) is 0 Å². The number of carbonyl (C=O) groups is 1. The second kappa shape index (κ2) is 2.51. The van der Waals surface area contributed by atoms with E-state index in [1.807, 2.05) is 0 Å². The van der Waals surface area contributed by atoms with Crippen LogP contribution in [0, 0.1) is 11.8 Å². The monoisotopic (exact) mass is 127 g/mol. The summed E-state index contributed by atoms with van der Waals surface area (Å²) in [6, 6.07) is 0. The molecule has 1 atom stereocenters. The van der Waals surface area contributed by atoms with E-state index in [0.29, 0.717) is 0 Å². The predicted octanol–water partition coefficient (Wildman–Crippen LogP) is -0.188. The fourth-order valence-corrected chi connectivity index (χ4v) is 0.313. The van der Waals surface area contributed by atoms with Crippen molar-refractivity contribution in [3.05, 3.63) is 0 Å². The Morgan fingerprint density at radius 1 is 1.78 bits per heavy atom. The SMILES string of the molecule is CC#C[C@@](C)(N)C(=O)O. The van der Waals surface area contributed by atoms with Gasteiger partial charge in [0, 0.05) is 0 Å². The van der Waals surface area contributed by atoms with E-state index in [2.05, 4.69) is 11.8 Å². The summed E-state index contributed by atoms with van der Waals surface area (Å²) in [6.45, 7) is 2.90. The van der Waals surface area contributed by atoms with Crippen LogP contribution in [-0.4, -0.2) is 16.6 Å². The third-order valence-electron chi connectivity index (χ3n) is 0.829. The Kier molecular flexibility index (Phi) is 2.23. The van der Waals surface area contributed by atoms with Crippen molar-refractivity contribution in [2.75, 3.05) is 0 Å². The Balaban J connectivity index is 4.32. The minimum Gasteiger partial charge on any atom is -0.479 e. The summed E-state index contributed by atoms with van der Waals surface area (Å²) in [5.41, 5.74) is 3.80. The van der Waals surface area contributed by atoms with Crippen molar-refractivity contribution in [3.8, 4) is 11.8 Å². The zero-order chi connectivity index (χ0) is 7.49.